The second-order valence-electron chi connectivity index (χ2n) is 9.53. The number of amides is 2. The highest BCUT2D eigenvalue weighted by Crippen LogP contribution is 2.42. The number of carbonyl (C=O) groups excluding carboxylic acids is 2. The first-order chi connectivity index (χ1) is 15.4. The average Bonchev–Trinajstić information content (AvgIpc) is 3.54. The van der Waals surface area contributed by atoms with Gasteiger partial charge in [0.05, 0.1) is 5.41 Å². The Balaban J connectivity index is 1.59. The molecular weight excluding hydrogens is 403 g/mol. The van der Waals surface area contributed by atoms with E-state index >= 15 is 0 Å². The minimum Gasteiger partial charge on any atom is -0.356 e. The van der Waals surface area contributed by atoms with Crippen molar-refractivity contribution in [1.82, 2.24) is 10.2 Å². The van der Waals surface area contributed by atoms with E-state index < -0.39 is 5.41 Å². The fraction of sp³-hybridized carbons (Fsp3) is 0.481. The minimum atomic E-state index is -0.565. The summed E-state index contributed by atoms with van der Waals surface area (Å²) < 4.78 is 13.9. The van der Waals surface area contributed by atoms with E-state index in [4.69, 9.17) is 0 Å². The Morgan fingerprint density at radius 3 is 2.50 bits per heavy atom. The van der Waals surface area contributed by atoms with E-state index in [0.29, 0.717) is 44.8 Å². The van der Waals surface area contributed by atoms with Crippen LogP contribution in [0.2, 0.25) is 0 Å². The van der Waals surface area contributed by atoms with E-state index in [2.05, 4.69) is 12.2 Å². The molecule has 0 bridgehead atoms. The molecule has 0 unspecified atom stereocenters. The fourth-order valence-electron chi connectivity index (χ4n) is 4.94. The van der Waals surface area contributed by atoms with Crippen molar-refractivity contribution in [2.75, 3.05) is 19.6 Å². The molecule has 1 saturated carbocycles. The molecule has 4 nitrogen and oxygen atoms in total. The van der Waals surface area contributed by atoms with Crippen LogP contribution in [0.5, 0.6) is 0 Å². The number of benzene rings is 2. The summed E-state index contributed by atoms with van der Waals surface area (Å²) in [5.41, 5.74) is 2.25. The Kier molecular flexibility index (Phi) is 6.63. The van der Waals surface area contributed by atoms with E-state index in [1.54, 1.807) is 12.1 Å². The van der Waals surface area contributed by atoms with E-state index in [9.17, 15) is 14.0 Å². The van der Waals surface area contributed by atoms with Gasteiger partial charge in [0.25, 0.3) is 0 Å². The van der Waals surface area contributed by atoms with Crippen molar-refractivity contribution < 1.29 is 14.0 Å². The Bertz CT molecular complexity index is 981. The van der Waals surface area contributed by atoms with E-state index in [1.165, 1.54) is 6.07 Å². The summed E-state index contributed by atoms with van der Waals surface area (Å²) in [6, 6.07) is 14.6. The molecule has 2 atom stereocenters. The number of carbonyl (C=O) groups is 2. The highest BCUT2D eigenvalue weighted by Gasteiger charge is 2.46. The van der Waals surface area contributed by atoms with Gasteiger partial charge in [-0.3, -0.25) is 9.59 Å². The van der Waals surface area contributed by atoms with Crippen LogP contribution in [0.1, 0.15) is 45.1 Å². The van der Waals surface area contributed by atoms with E-state index in [1.807, 2.05) is 42.2 Å². The van der Waals surface area contributed by atoms with Gasteiger partial charge in [0, 0.05) is 25.6 Å². The lowest BCUT2D eigenvalue weighted by Crippen LogP contribution is -2.51. The zero-order chi connectivity index (χ0) is 22.7. The molecule has 1 N–H and O–H groups in total. The standard InChI is InChI=1S/C27H33FN2O2/c1-3-13-29-26(32)27(11-14-30(15-12-27)25(31)24-16-19(24)2)18-21-7-4-5-10-23(21)20-8-6-9-22(28)17-20/h4-10,17,19,24H,3,11-16,18H2,1-2H3,(H,29,32)/t19-,24-/m0/s1. The molecule has 2 aromatic carbocycles. The summed E-state index contributed by atoms with van der Waals surface area (Å²) >= 11 is 0. The quantitative estimate of drug-likeness (QED) is 0.676. The summed E-state index contributed by atoms with van der Waals surface area (Å²) in [6.07, 6.45) is 3.74. The normalized spacial score (nSPS) is 21.8. The van der Waals surface area contributed by atoms with Gasteiger partial charge in [0.2, 0.25) is 11.8 Å². The SMILES string of the molecule is CCCNC(=O)C1(Cc2ccccc2-c2cccc(F)c2)CCN(C(=O)[C@H]2C[C@@H]2C)CC1. The van der Waals surface area contributed by atoms with Gasteiger partial charge >= 0.3 is 0 Å². The van der Waals surface area contributed by atoms with Gasteiger partial charge in [-0.1, -0.05) is 50.2 Å². The minimum absolute atomic E-state index is 0.0697. The van der Waals surface area contributed by atoms with Crippen LogP contribution in [0.15, 0.2) is 48.5 Å². The number of hydrogen-bond acceptors (Lipinski definition) is 2. The van der Waals surface area contributed by atoms with Crippen molar-refractivity contribution >= 4 is 11.8 Å². The molecule has 1 saturated heterocycles. The molecule has 170 valence electrons. The largest absolute Gasteiger partial charge is 0.356 e. The highest BCUT2D eigenvalue weighted by molar-refractivity contribution is 5.85. The van der Waals surface area contributed by atoms with Gasteiger partial charge in [0.15, 0.2) is 0 Å². The number of rotatable bonds is 7. The Morgan fingerprint density at radius 1 is 1.12 bits per heavy atom. The molecule has 0 aromatic heterocycles. The van der Waals surface area contributed by atoms with Gasteiger partial charge in [-0.25, -0.2) is 4.39 Å². The van der Waals surface area contributed by atoms with Crippen LogP contribution < -0.4 is 5.32 Å². The fourth-order valence-corrected chi connectivity index (χ4v) is 4.94. The Labute approximate surface area is 190 Å². The maximum atomic E-state index is 13.9. The molecule has 1 aliphatic carbocycles. The number of piperidine rings is 1. The van der Waals surface area contributed by atoms with Crippen LogP contribution in [0, 0.1) is 23.1 Å². The molecule has 32 heavy (non-hydrogen) atoms. The average molecular weight is 437 g/mol. The number of hydrogen-bond donors (Lipinski definition) is 1. The molecule has 2 fully saturated rings. The number of halogens is 1. The van der Waals surface area contributed by atoms with Crippen molar-refractivity contribution in [2.45, 2.75) is 46.0 Å². The maximum absolute atomic E-state index is 13.9. The second kappa shape index (κ2) is 9.43. The first kappa shape index (κ1) is 22.5. The van der Waals surface area contributed by atoms with Crippen molar-refractivity contribution in [3.05, 3.63) is 59.9 Å². The number of nitrogens with one attached hydrogen (secondary N) is 1. The van der Waals surface area contributed by atoms with Gasteiger partial charge < -0.3 is 10.2 Å². The highest BCUT2D eigenvalue weighted by atomic mass is 19.1. The third kappa shape index (κ3) is 4.72. The van der Waals surface area contributed by atoms with Gasteiger partial charge in [0.1, 0.15) is 5.82 Å². The molecule has 0 radical (unpaired) electrons. The van der Waals surface area contributed by atoms with Crippen LogP contribution in [0.4, 0.5) is 4.39 Å². The Hall–Kier alpha value is -2.69. The van der Waals surface area contributed by atoms with Crippen molar-refractivity contribution in [3.63, 3.8) is 0 Å². The van der Waals surface area contributed by atoms with Crippen LogP contribution in [0.3, 0.4) is 0 Å². The van der Waals surface area contributed by atoms with Crippen LogP contribution >= 0.6 is 0 Å². The molecule has 5 heteroatoms. The topological polar surface area (TPSA) is 49.4 Å². The zero-order valence-electron chi connectivity index (χ0n) is 19.1. The maximum Gasteiger partial charge on any atom is 0.226 e. The van der Waals surface area contributed by atoms with E-state index in [0.717, 1.165) is 29.5 Å². The second-order valence-corrected chi connectivity index (χ2v) is 9.53. The zero-order valence-corrected chi connectivity index (χ0v) is 19.1. The molecule has 1 heterocycles. The molecular formula is C27H33FN2O2. The third-order valence-corrected chi connectivity index (χ3v) is 7.16. The predicted octanol–water partition coefficient (Wildman–Crippen LogP) is 4.83. The summed E-state index contributed by atoms with van der Waals surface area (Å²) in [4.78, 5) is 28.1. The lowest BCUT2D eigenvalue weighted by molar-refractivity contribution is -0.141. The summed E-state index contributed by atoms with van der Waals surface area (Å²) in [7, 11) is 0. The summed E-state index contributed by atoms with van der Waals surface area (Å²) in [5, 5.41) is 3.12. The summed E-state index contributed by atoms with van der Waals surface area (Å²) in [5.74, 6) is 0.708. The van der Waals surface area contributed by atoms with Gasteiger partial charge in [-0.2, -0.15) is 0 Å². The van der Waals surface area contributed by atoms with Crippen LogP contribution in [0.25, 0.3) is 11.1 Å². The molecule has 2 aliphatic rings. The lowest BCUT2D eigenvalue weighted by Gasteiger charge is -2.41. The predicted molar refractivity (Wildman–Crippen MR) is 124 cm³/mol. The van der Waals surface area contributed by atoms with E-state index in [-0.39, 0.29) is 23.5 Å². The molecule has 2 amide bonds. The van der Waals surface area contributed by atoms with Crippen molar-refractivity contribution in [2.24, 2.45) is 17.3 Å². The van der Waals surface area contributed by atoms with Gasteiger partial charge in [-0.15, -0.1) is 0 Å². The Morgan fingerprint density at radius 2 is 1.84 bits per heavy atom. The van der Waals surface area contributed by atoms with Gasteiger partial charge in [-0.05, 0) is 66.8 Å². The molecule has 4 rings (SSSR count). The third-order valence-electron chi connectivity index (χ3n) is 7.16. The van der Waals surface area contributed by atoms with Crippen molar-refractivity contribution in [1.29, 1.82) is 0 Å². The van der Waals surface area contributed by atoms with Crippen molar-refractivity contribution in [3.8, 4) is 11.1 Å². The molecule has 0 spiro atoms. The smallest absolute Gasteiger partial charge is 0.226 e. The molecule has 1 aliphatic heterocycles. The van der Waals surface area contributed by atoms with Crippen LogP contribution in [-0.2, 0) is 16.0 Å². The summed E-state index contributed by atoms with van der Waals surface area (Å²) in [6.45, 7) is 6.05. The monoisotopic (exact) mass is 436 g/mol. The number of nitrogens with zero attached hydrogens (tertiary/aromatic N) is 1. The lowest BCUT2D eigenvalue weighted by atomic mass is 9.72. The number of likely N-dealkylation sites (tertiary alicyclic amines) is 1. The van der Waals surface area contributed by atoms with Crippen LogP contribution in [-0.4, -0.2) is 36.3 Å². The molecule has 2 aromatic rings. The first-order valence-electron chi connectivity index (χ1n) is 11.8. The first-order valence-corrected chi connectivity index (χ1v) is 11.8.